The van der Waals surface area contributed by atoms with Crippen LogP contribution in [0.15, 0.2) is 65.6 Å². The van der Waals surface area contributed by atoms with Gasteiger partial charge in [-0.15, -0.1) is 0 Å². The third-order valence-corrected chi connectivity index (χ3v) is 7.39. The minimum Gasteiger partial charge on any atom is -0.487 e. The summed E-state index contributed by atoms with van der Waals surface area (Å²) in [5, 5.41) is 0.219. The molecule has 0 atom stereocenters. The van der Waals surface area contributed by atoms with Gasteiger partial charge < -0.3 is 4.74 Å². The third kappa shape index (κ3) is 5.32. The van der Waals surface area contributed by atoms with Gasteiger partial charge in [-0.05, 0) is 117 Å². The Morgan fingerprint density at radius 1 is 1.03 bits per heavy atom. The van der Waals surface area contributed by atoms with Crippen molar-refractivity contribution < 1.29 is 14.3 Å². The van der Waals surface area contributed by atoms with Crippen molar-refractivity contribution in [2.24, 2.45) is 0 Å². The van der Waals surface area contributed by atoms with Gasteiger partial charge in [-0.1, -0.05) is 41.4 Å². The molecule has 0 unspecified atom stereocenters. The number of aryl methyl sites for hydroxylation is 1. The lowest BCUT2D eigenvalue weighted by Gasteiger charge is -2.13. The van der Waals surface area contributed by atoms with Gasteiger partial charge in [0, 0.05) is 5.02 Å². The Hall–Kier alpha value is -1.56. The van der Waals surface area contributed by atoms with E-state index in [9.17, 15) is 9.59 Å². The van der Waals surface area contributed by atoms with Crippen molar-refractivity contribution in [1.82, 2.24) is 0 Å². The number of imide groups is 1. The molecule has 3 aromatic carbocycles. The largest absolute Gasteiger partial charge is 0.487 e. The van der Waals surface area contributed by atoms with Crippen LogP contribution in [0.5, 0.6) is 5.75 Å². The summed E-state index contributed by atoms with van der Waals surface area (Å²) in [7, 11) is 0. The predicted octanol–water partition coefficient (Wildman–Crippen LogP) is 7.68. The second kappa shape index (κ2) is 10.1. The van der Waals surface area contributed by atoms with Gasteiger partial charge >= 0.3 is 0 Å². The van der Waals surface area contributed by atoms with Crippen molar-refractivity contribution in [3.63, 3.8) is 0 Å². The average molecular weight is 688 g/mol. The summed E-state index contributed by atoms with van der Waals surface area (Å²) in [5.41, 5.74) is 3.64. The monoisotopic (exact) mass is 687 g/mol. The molecule has 0 bridgehead atoms. The standard InChI is InChI=1S/C24H16ClI2NO3S/c1-14-3-2-4-15(9-14)13-31-22-19(26)10-16(11-20(22)27)12-21-23(29)28(24(30)32-21)18-7-5-17(25)6-8-18/h2-12H,13H2,1H3/b21-12+. The number of thioether (sulfide) groups is 1. The summed E-state index contributed by atoms with van der Waals surface area (Å²) >= 11 is 11.3. The molecule has 1 saturated heterocycles. The fourth-order valence-electron chi connectivity index (χ4n) is 3.19. The molecule has 8 heteroatoms. The van der Waals surface area contributed by atoms with Gasteiger partial charge in [0.2, 0.25) is 0 Å². The van der Waals surface area contributed by atoms with Crippen LogP contribution in [-0.2, 0) is 11.4 Å². The van der Waals surface area contributed by atoms with Gasteiger partial charge in [0.05, 0.1) is 17.7 Å². The van der Waals surface area contributed by atoms with Gasteiger partial charge in [-0.3, -0.25) is 9.59 Å². The predicted molar refractivity (Wildman–Crippen MR) is 147 cm³/mol. The van der Waals surface area contributed by atoms with Gasteiger partial charge in [-0.25, -0.2) is 4.90 Å². The molecule has 32 heavy (non-hydrogen) atoms. The molecule has 0 saturated carbocycles. The Kier molecular flexibility index (Phi) is 7.48. The maximum absolute atomic E-state index is 12.9. The summed E-state index contributed by atoms with van der Waals surface area (Å²) in [6.07, 6.45) is 1.75. The highest BCUT2D eigenvalue weighted by molar-refractivity contribution is 14.1. The van der Waals surface area contributed by atoms with Crippen LogP contribution in [0, 0.1) is 14.1 Å². The second-order valence-corrected chi connectivity index (χ2v) is 10.8. The summed E-state index contributed by atoms with van der Waals surface area (Å²) in [6, 6.07) is 18.7. The summed E-state index contributed by atoms with van der Waals surface area (Å²) in [4.78, 5) is 26.9. The highest BCUT2D eigenvalue weighted by atomic mass is 127. The van der Waals surface area contributed by atoms with Crippen LogP contribution in [0.25, 0.3) is 6.08 Å². The number of ether oxygens (including phenoxy) is 1. The molecule has 4 nitrogen and oxygen atoms in total. The van der Waals surface area contributed by atoms with Gasteiger partial charge in [-0.2, -0.15) is 0 Å². The third-order valence-electron chi connectivity index (χ3n) is 4.66. The van der Waals surface area contributed by atoms with E-state index in [1.54, 1.807) is 30.3 Å². The molecule has 0 N–H and O–H groups in total. The number of hydrogen-bond donors (Lipinski definition) is 0. The van der Waals surface area contributed by atoms with Crippen molar-refractivity contribution in [1.29, 1.82) is 0 Å². The molecule has 1 fully saturated rings. The smallest absolute Gasteiger partial charge is 0.298 e. The molecule has 1 aliphatic rings. The fourth-order valence-corrected chi connectivity index (χ4v) is 6.29. The molecule has 0 aliphatic carbocycles. The van der Waals surface area contributed by atoms with Crippen molar-refractivity contribution in [2.45, 2.75) is 13.5 Å². The summed E-state index contributed by atoms with van der Waals surface area (Å²) < 4.78 is 7.95. The lowest BCUT2D eigenvalue weighted by atomic mass is 10.1. The number of halogens is 3. The van der Waals surface area contributed by atoms with Crippen LogP contribution < -0.4 is 9.64 Å². The number of anilines is 1. The molecular weight excluding hydrogens is 672 g/mol. The molecule has 162 valence electrons. The first-order valence-corrected chi connectivity index (χ1v) is 12.9. The Bertz CT molecular complexity index is 1220. The van der Waals surface area contributed by atoms with Gasteiger partial charge in [0.25, 0.3) is 11.1 Å². The maximum atomic E-state index is 12.9. The maximum Gasteiger partial charge on any atom is 0.298 e. The molecule has 4 rings (SSSR count). The first-order valence-electron chi connectivity index (χ1n) is 9.53. The molecule has 0 spiro atoms. The van der Waals surface area contributed by atoms with E-state index in [2.05, 4.69) is 64.2 Å². The van der Waals surface area contributed by atoms with Crippen LogP contribution in [0.2, 0.25) is 5.02 Å². The number of benzene rings is 3. The van der Waals surface area contributed by atoms with Crippen molar-refractivity contribution in [3.05, 3.63) is 94.4 Å². The van der Waals surface area contributed by atoms with Crippen LogP contribution >= 0.6 is 68.5 Å². The molecule has 1 heterocycles. The van der Waals surface area contributed by atoms with E-state index in [-0.39, 0.29) is 11.1 Å². The lowest BCUT2D eigenvalue weighted by molar-refractivity contribution is -0.113. The van der Waals surface area contributed by atoms with Gasteiger partial charge in [0.1, 0.15) is 12.4 Å². The van der Waals surface area contributed by atoms with E-state index >= 15 is 0 Å². The SMILES string of the molecule is Cc1cccc(COc2c(I)cc(/C=C3/SC(=O)N(c4ccc(Cl)cc4)C3=O)cc2I)c1. The number of carbonyl (C=O) groups excluding carboxylic acids is 2. The Balaban J connectivity index is 1.54. The Labute approximate surface area is 222 Å². The number of amides is 2. The molecule has 0 aromatic heterocycles. The van der Waals surface area contributed by atoms with Crippen molar-refractivity contribution in [3.8, 4) is 5.75 Å². The van der Waals surface area contributed by atoms with Crippen LogP contribution in [0.4, 0.5) is 10.5 Å². The Morgan fingerprint density at radius 3 is 2.38 bits per heavy atom. The number of carbonyl (C=O) groups is 2. The first-order chi connectivity index (χ1) is 15.3. The highest BCUT2D eigenvalue weighted by Crippen LogP contribution is 2.37. The molecule has 3 aromatic rings. The quantitative estimate of drug-likeness (QED) is 0.204. The molecular formula is C24H16ClI2NO3S. The topological polar surface area (TPSA) is 46.6 Å². The van der Waals surface area contributed by atoms with Crippen LogP contribution in [0.3, 0.4) is 0 Å². The minimum atomic E-state index is -0.341. The van der Waals surface area contributed by atoms with E-state index < -0.39 is 0 Å². The zero-order chi connectivity index (χ0) is 22.8. The normalized spacial score (nSPS) is 15.0. The lowest BCUT2D eigenvalue weighted by Crippen LogP contribution is -2.27. The van der Waals surface area contributed by atoms with Gasteiger partial charge in [0.15, 0.2) is 0 Å². The van der Waals surface area contributed by atoms with Crippen molar-refractivity contribution >= 4 is 91.5 Å². The van der Waals surface area contributed by atoms with E-state index in [1.807, 2.05) is 24.3 Å². The van der Waals surface area contributed by atoms with Crippen LogP contribution in [0.1, 0.15) is 16.7 Å². The average Bonchev–Trinajstić information content (AvgIpc) is 3.01. The number of hydrogen-bond acceptors (Lipinski definition) is 4. The van der Waals surface area contributed by atoms with Crippen molar-refractivity contribution in [2.75, 3.05) is 4.90 Å². The summed E-state index contributed by atoms with van der Waals surface area (Å²) in [5.74, 6) is 0.464. The van der Waals surface area contributed by atoms with E-state index in [0.29, 0.717) is 22.2 Å². The van der Waals surface area contributed by atoms with Crippen LogP contribution in [-0.4, -0.2) is 11.1 Å². The second-order valence-electron chi connectivity index (χ2n) is 7.08. The first kappa shape index (κ1) is 23.6. The minimum absolute atomic E-state index is 0.328. The number of nitrogens with zero attached hydrogens (tertiary/aromatic N) is 1. The van der Waals surface area contributed by atoms with E-state index in [4.69, 9.17) is 16.3 Å². The fraction of sp³-hybridized carbons (Fsp3) is 0.0833. The highest BCUT2D eigenvalue weighted by Gasteiger charge is 2.36. The van der Waals surface area contributed by atoms with E-state index in [0.717, 1.165) is 35.8 Å². The Morgan fingerprint density at radius 2 is 1.72 bits per heavy atom. The van der Waals surface area contributed by atoms with E-state index in [1.165, 1.54) is 10.5 Å². The molecule has 1 aliphatic heterocycles. The molecule has 2 amide bonds. The zero-order valence-electron chi connectivity index (χ0n) is 16.8. The summed E-state index contributed by atoms with van der Waals surface area (Å²) in [6.45, 7) is 2.54. The number of rotatable bonds is 5. The zero-order valence-corrected chi connectivity index (χ0v) is 22.7. The molecule has 0 radical (unpaired) electrons.